The van der Waals surface area contributed by atoms with E-state index < -0.39 is 0 Å². The van der Waals surface area contributed by atoms with Crippen molar-refractivity contribution in [1.29, 1.82) is 0 Å². The third kappa shape index (κ3) is 3.72. The third-order valence-electron chi connectivity index (χ3n) is 4.39. The van der Waals surface area contributed by atoms with Crippen molar-refractivity contribution < 1.29 is 18.9 Å². The predicted octanol–water partition coefficient (Wildman–Crippen LogP) is 5.37. The van der Waals surface area contributed by atoms with Crippen LogP contribution in [0.5, 0.6) is 23.0 Å². The summed E-state index contributed by atoms with van der Waals surface area (Å²) >= 11 is 4.71. The molecule has 0 aliphatic carbocycles. The zero-order valence-electron chi connectivity index (χ0n) is 15.3. The molecule has 0 bridgehead atoms. The Labute approximate surface area is 181 Å². The smallest absolute Gasteiger partial charge is 0.145 e. The second-order valence-corrected chi connectivity index (χ2v) is 8.06. The molecule has 0 spiro atoms. The van der Waals surface area contributed by atoms with Gasteiger partial charge in [-0.15, -0.1) is 0 Å². The van der Waals surface area contributed by atoms with Gasteiger partial charge in [-0.25, -0.2) is 0 Å². The fraction of sp³-hybridized carbons (Fsp3) is 0.400. The zero-order valence-corrected chi connectivity index (χ0v) is 19.6. The van der Waals surface area contributed by atoms with Crippen LogP contribution in [0.3, 0.4) is 0 Å². The van der Waals surface area contributed by atoms with E-state index in [1.165, 1.54) is 0 Å². The Kier molecular flexibility index (Phi) is 6.42. The number of halogens is 2. The molecule has 1 aliphatic heterocycles. The molecule has 0 aromatic heterocycles. The third-order valence-corrected chi connectivity index (χ3v) is 6.12. The molecule has 4 nitrogen and oxygen atoms in total. The Morgan fingerprint density at radius 1 is 0.769 bits per heavy atom. The van der Waals surface area contributed by atoms with Gasteiger partial charge >= 0.3 is 0 Å². The SMILES string of the molecule is COc1cc(C)cc2c1-c1c(OC)cc(C)cc1O[C@H](CI)[C@@H](CI)O2. The van der Waals surface area contributed by atoms with E-state index in [2.05, 4.69) is 57.3 Å². The van der Waals surface area contributed by atoms with E-state index >= 15 is 0 Å². The molecule has 1 heterocycles. The van der Waals surface area contributed by atoms with E-state index in [4.69, 9.17) is 18.9 Å². The van der Waals surface area contributed by atoms with Crippen LogP contribution in [-0.4, -0.2) is 35.3 Å². The molecule has 3 rings (SSSR count). The van der Waals surface area contributed by atoms with Crippen molar-refractivity contribution in [1.82, 2.24) is 0 Å². The molecule has 0 amide bonds. The van der Waals surface area contributed by atoms with Gasteiger partial charge in [0.25, 0.3) is 0 Å². The number of alkyl halides is 2. The number of hydrogen-bond donors (Lipinski definition) is 0. The maximum absolute atomic E-state index is 6.43. The number of benzene rings is 2. The highest BCUT2D eigenvalue weighted by Crippen LogP contribution is 2.50. The van der Waals surface area contributed by atoms with Gasteiger partial charge in [-0.05, 0) is 49.2 Å². The second-order valence-electron chi connectivity index (χ2n) is 6.30. The molecule has 0 saturated heterocycles. The van der Waals surface area contributed by atoms with Crippen LogP contribution in [0.2, 0.25) is 0 Å². The minimum atomic E-state index is -0.0441. The minimum absolute atomic E-state index is 0.0441. The van der Waals surface area contributed by atoms with Crippen molar-refractivity contribution in [2.75, 3.05) is 23.1 Å². The summed E-state index contributed by atoms with van der Waals surface area (Å²) in [6.45, 7) is 4.09. The maximum atomic E-state index is 6.43. The van der Waals surface area contributed by atoms with Gasteiger partial charge in [0.1, 0.15) is 35.2 Å². The number of fused-ring (bicyclic) bond motifs is 3. The van der Waals surface area contributed by atoms with Crippen LogP contribution in [0.15, 0.2) is 24.3 Å². The molecule has 140 valence electrons. The molecule has 2 atom stereocenters. The first kappa shape index (κ1) is 19.9. The summed E-state index contributed by atoms with van der Waals surface area (Å²) in [5, 5.41) is 0. The van der Waals surface area contributed by atoms with Gasteiger partial charge in [0.05, 0.1) is 25.3 Å². The first-order valence-corrected chi connectivity index (χ1v) is 11.4. The Morgan fingerprint density at radius 3 is 1.46 bits per heavy atom. The largest absolute Gasteiger partial charge is 0.496 e. The van der Waals surface area contributed by atoms with E-state index in [1.54, 1.807) is 14.2 Å². The Bertz CT molecular complexity index is 739. The highest BCUT2D eigenvalue weighted by molar-refractivity contribution is 14.1. The van der Waals surface area contributed by atoms with Crippen LogP contribution in [0.25, 0.3) is 11.1 Å². The van der Waals surface area contributed by atoms with Gasteiger partial charge in [0, 0.05) is 8.86 Å². The standard InChI is InChI=1S/C20H22I2O4/c1-11-5-13(23-3)19-15(7-11)25-17(9-21)18(10-22)26-16-8-12(2)6-14(24-4)20(16)19/h5-8,17-18H,9-10H2,1-4H3/t17-,18-/m1/s1. The Hall–Kier alpha value is -0.900. The summed E-state index contributed by atoms with van der Waals surface area (Å²) in [6, 6.07) is 8.16. The molecule has 0 fully saturated rings. The summed E-state index contributed by atoms with van der Waals surface area (Å²) in [4.78, 5) is 0. The average Bonchev–Trinajstić information content (AvgIpc) is 2.62. The second kappa shape index (κ2) is 8.41. The maximum Gasteiger partial charge on any atom is 0.145 e. The van der Waals surface area contributed by atoms with Gasteiger partial charge in [-0.3, -0.25) is 0 Å². The van der Waals surface area contributed by atoms with E-state index in [1.807, 2.05) is 26.0 Å². The van der Waals surface area contributed by atoms with Gasteiger partial charge in [-0.2, -0.15) is 0 Å². The topological polar surface area (TPSA) is 36.9 Å². The molecule has 2 aromatic rings. The quantitative estimate of drug-likeness (QED) is 0.361. The van der Waals surface area contributed by atoms with E-state index in [0.29, 0.717) is 0 Å². The summed E-state index contributed by atoms with van der Waals surface area (Å²) < 4.78 is 25.9. The highest BCUT2D eigenvalue weighted by atomic mass is 127. The van der Waals surface area contributed by atoms with Crippen molar-refractivity contribution in [3.63, 3.8) is 0 Å². The van der Waals surface area contributed by atoms with Crippen molar-refractivity contribution in [3.05, 3.63) is 35.4 Å². The molecule has 0 N–H and O–H groups in total. The van der Waals surface area contributed by atoms with Crippen LogP contribution in [0.1, 0.15) is 11.1 Å². The van der Waals surface area contributed by atoms with Crippen molar-refractivity contribution in [3.8, 4) is 34.1 Å². The number of rotatable bonds is 4. The monoisotopic (exact) mass is 580 g/mol. The predicted molar refractivity (Wildman–Crippen MR) is 121 cm³/mol. The van der Waals surface area contributed by atoms with Crippen LogP contribution in [0, 0.1) is 13.8 Å². The Balaban J connectivity index is 2.36. The summed E-state index contributed by atoms with van der Waals surface area (Å²) in [7, 11) is 3.36. The lowest BCUT2D eigenvalue weighted by atomic mass is 9.97. The van der Waals surface area contributed by atoms with E-state index in [0.717, 1.165) is 54.1 Å². The van der Waals surface area contributed by atoms with Crippen LogP contribution < -0.4 is 18.9 Å². The molecular formula is C20H22I2O4. The summed E-state index contributed by atoms with van der Waals surface area (Å²) in [5.41, 5.74) is 3.94. The molecule has 26 heavy (non-hydrogen) atoms. The zero-order chi connectivity index (χ0) is 18.8. The molecule has 2 aromatic carbocycles. The normalized spacial score (nSPS) is 18.5. The van der Waals surface area contributed by atoms with Crippen LogP contribution in [-0.2, 0) is 0 Å². The van der Waals surface area contributed by atoms with Crippen molar-refractivity contribution in [2.45, 2.75) is 26.1 Å². The molecule has 0 radical (unpaired) electrons. The van der Waals surface area contributed by atoms with Crippen molar-refractivity contribution in [2.24, 2.45) is 0 Å². The van der Waals surface area contributed by atoms with Gasteiger partial charge < -0.3 is 18.9 Å². The van der Waals surface area contributed by atoms with E-state index in [9.17, 15) is 0 Å². The lowest BCUT2D eigenvalue weighted by Crippen LogP contribution is -2.40. The number of ether oxygens (including phenoxy) is 4. The van der Waals surface area contributed by atoms with Gasteiger partial charge in [0.2, 0.25) is 0 Å². The van der Waals surface area contributed by atoms with Crippen LogP contribution in [0.4, 0.5) is 0 Å². The van der Waals surface area contributed by atoms with Gasteiger partial charge in [0.15, 0.2) is 0 Å². The molecule has 0 unspecified atom stereocenters. The summed E-state index contributed by atoms with van der Waals surface area (Å²) in [6.07, 6.45) is -0.0881. The Morgan fingerprint density at radius 2 is 1.15 bits per heavy atom. The average molecular weight is 580 g/mol. The minimum Gasteiger partial charge on any atom is -0.496 e. The first-order chi connectivity index (χ1) is 12.5. The lowest BCUT2D eigenvalue weighted by Gasteiger charge is -2.32. The molecule has 1 aliphatic rings. The van der Waals surface area contributed by atoms with E-state index in [-0.39, 0.29) is 12.2 Å². The van der Waals surface area contributed by atoms with Gasteiger partial charge in [-0.1, -0.05) is 45.2 Å². The highest BCUT2D eigenvalue weighted by Gasteiger charge is 2.32. The van der Waals surface area contributed by atoms with Crippen LogP contribution >= 0.6 is 45.2 Å². The molecule has 0 saturated carbocycles. The lowest BCUT2D eigenvalue weighted by molar-refractivity contribution is 0.0852. The fourth-order valence-electron chi connectivity index (χ4n) is 3.18. The molecular weight excluding hydrogens is 558 g/mol. The number of hydrogen-bond acceptors (Lipinski definition) is 4. The first-order valence-electron chi connectivity index (χ1n) is 8.35. The fourth-order valence-corrected chi connectivity index (χ4v) is 4.68. The molecule has 6 heteroatoms. The van der Waals surface area contributed by atoms with Crippen molar-refractivity contribution >= 4 is 45.2 Å². The summed E-state index contributed by atoms with van der Waals surface area (Å²) in [5.74, 6) is 3.13. The number of methoxy groups -OCH3 is 2. The number of aryl methyl sites for hydroxylation is 2.